The van der Waals surface area contributed by atoms with Crippen LogP contribution in [0.25, 0.3) is 11.0 Å². The molecule has 0 radical (unpaired) electrons. The molecule has 0 spiro atoms. The second-order valence-electron chi connectivity index (χ2n) is 6.45. The van der Waals surface area contributed by atoms with Gasteiger partial charge in [-0.15, -0.1) is 0 Å². The fourth-order valence-electron chi connectivity index (χ4n) is 2.77. The van der Waals surface area contributed by atoms with E-state index in [1.165, 1.54) is 6.07 Å². The van der Waals surface area contributed by atoms with Crippen molar-refractivity contribution in [1.29, 1.82) is 0 Å². The van der Waals surface area contributed by atoms with Gasteiger partial charge in [0.05, 0.1) is 0 Å². The number of carboxylic acid groups (broad SMARTS) is 2. The molecule has 156 valence electrons. The lowest BCUT2D eigenvalue weighted by Crippen LogP contribution is -2.48. The highest BCUT2D eigenvalue weighted by atomic mass is 16.4. The van der Waals surface area contributed by atoms with Crippen LogP contribution in [0.4, 0.5) is 0 Å². The topological polar surface area (TPSA) is 163 Å². The summed E-state index contributed by atoms with van der Waals surface area (Å²) >= 11 is 0. The molecule has 29 heavy (non-hydrogen) atoms. The fourth-order valence-corrected chi connectivity index (χ4v) is 2.77. The van der Waals surface area contributed by atoms with E-state index in [9.17, 15) is 24.3 Å². The molecule has 0 saturated heterocycles. The Labute approximate surface area is 166 Å². The number of nitrogens with zero attached hydrogens (tertiary/aromatic N) is 1. The van der Waals surface area contributed by atoms with Gasteiger partial charge in [0, 0.05) is 5.39 Å². The number of amides is 2. The maximum Gasteiger partial charge on any atom is 0.326 e. The highest BCUT2D eigenvalue weighted by Crippen LogP contribution is 2.20. The molecule has 0 unspecified atom stereocenters. The molecule has 0 aliphatic heterocycles. The van der Waals surface area contributed by atoms with E-state index < -0.39 is 42.9 Å². The Bertz CT molecular complexity index is 860. The Hall–Kier alpha value is -3.40. The quantitative estimate of drug-likeness (QED) is 0.396. The lowest BCUT2D eigenvalue weighted by molar-refractivity contribution is -0.142. The summed E-state index contributed by atoms with van der Waals surface area (Å²) in [4.78, 5) is 48.2. The number of unbranched alkanes of at least 4 members (excludes halogenated alkanes) is 1. The lowest BCUT2D eigenvalue weighted by Gasteiger charge is -2.21. The molecule has 1 aromatic carbocycles. The summed E-state index contributed by atoms with van der Waals surface area (Å²) in [7, 11) is 0. The predicted molar refractivity (Wildman–Crippen MR) is 102 cm³/mol. The van der Waals surface area contributed by atoms with Crippen molar-refractivity contribution in [3.05, 3.63) is 36.1 Å². The van der Waals surface area contributed by atoms with Gasteiger partial charge in [-0.05, 0) is 37.9 Å². The van der Waals surface area contributed by atoms with Crippen LogP contribution in [-0.4, -0.2) is 64.5 Å². The summed E-state index contributed by atoms with van der Waals surface area (Å²) in [5.41, 5.74) is 5.82. The van der Waals surface area contributed by atoms with Gasteiger partial charge in [-0.2, -0.15) is 0 Å². The smallest absolute Gasteiger partial charge is 0.326 e. The second kappa shape index (κ2) is 10.2. The third-order valence-corrected chi connectivity index (χ3v) is 4.16. The van der Waals surface area contributed by atoms with Crippen molar-refractivity contribution in [2.24, 2.45) is 5.73 Å². The zero-order valence-electron chi connectivity index (χ0n) is 15.7. The molecule has 0 bridgehead atoms. The van der Waals surface area contributed by atoms with E-state index in [0.29, 0.717) is 30.4 Å². The maximum atomic E-state index is 12.7. The molecule has 0 aliphatic rings. The van der Waals surface area contributed by atoms with Crippen LogP contribution in [0.3, 0.4) is 0 Å². The minimum Gasteiger partial charge on any atom is -0.480 e. The van der Waals surface area contributed by atoms with E-state index in [1.807, 2.05) is 0 Å². The number of carbonyl (C=O) groups is 4. The van der Waals surface area contributed by atoms with Crippen LogP contribution in [0, 0.1) is 0 Å². The molecular formula is C19H23N3O7. The third-order valence-electron chi connectivity index (χ3n) is 4.16. The van der Waals surface area contributed by atoms with Crippen molar-refractivity contribution in [3.8, 4) is 0 Å². The number of aliphatic carboxylic acids is 2. The Morgan fingerprint density at radius 3 is 2.45 bits per heavy atom. The first-order valence-electron chi connectivity index (χ1n) is 9.03. The van der Waals surface area contributed by atoms with E-state index in [2.05, 4.69) is 5.32 Å². The van der Waals surface area contributed by atoms with Crippen molar-refractivity contribution in [2.45, 2.75) is 25.3 Å². The summed E-state index contributed by atoms with van der Waals surface area (Å²) in [6, 6.07) is 7.16. The Kier molecular flexibility index (Phi) is 7.72. The number of fused-ring (bicyclic) bond motifs is 1. The maximum absolute atomic E-state index is 12.7. The van der Waals surface area contributed by atoms with Gasteiger partial charge in [-0.3, -0.25) is 14.4 Å². The summed E-state index contributed by atoms with van der Waals surface area (Å²) < 4.78 is 5.44. The first kappa shape index (κ1) is 21.9. The number of nitrogens with one attached hydrogen (secondary N) is 1. The Morgan fingerprint density at radius 1 is 1.10 bits per heavy atom. The van der Waals surface area contributed by atoms with Crippen LogP contribution < -0.4 is 11.1 Å². The Balaban J connectivity index is 2.10. The largest absolute Gasteiger partial charge is 0.480 e. The molecule has 2 amide bonds. The summed E-state index contributed by atoms with van der Waals surface area (Å²) in [6.45, 7) is -0.963. The van der Waals surface area contributed by atoms with Crippen molar-refractivity contribution < 1.29 is 33.8 Å². The summed E-state index contributed by atoms with van der Waals surface area (Å²) in [6.07, 6.45) is 1.29. The molecule has 1 heterocycles. The number of hydrogen-bond donors (Lipinski definition) is 4. The third kappa shape index (κ3) is 6.32. The second-order valence-corrected chi connectivity index (χ2v) is 6.45. The van der Waals surface area contributed by atoms with Crippen molar-refractivity contribution in [3.63, 3.8) is 0 Å². The molecule has 1 atom stereocenters. The SMILES string of the molecule is NCCCC[C@@H](NC(=O)CN(CC(=O)O)C(=O)c1cc2ccccc2o1)C(=O)O. The van der Waals surface area contributed by atoms with Gasteiger partial charge in [-0.1, -0.05) is 18.2 Å². The zero-order chi connectivity index (χ0) is 21.4. The van der Waals surface area contributed by atoms with Crippen LogP contribution >= 0.6 is 0 Å². The molecular weight excluding hydrogens is 382 g/mol. The number of hydrogen-bond acceptors (Lipinski definition) is 6. The van der Waals surface area contributed by atoms with Crippen LogP contribution in [0.5, 0.6) is 0 Å². The van der Waals surface area contributed by atoms with Gasteiger partial charge >= 0.3 is 11.9 Å². The van der Waals surface area contributed by atoms with Gasteiger partial charge in [0.15, 0.2) is 5.76 Å². The molecule has 5 N–H and O–H groups in total. The van der Waals surface area contributed by atoms with E-state index in [4.69, 9.17) is 15.3 Å². The molecule has 1 aromatic heterocycles. The summed E-state index contributed by atoms with van der Waals surface area (Å²) in [5, 5.41) is 21.3. The van der Waals surface area contributed by atoms with Gasteiger partial charge in [0.25, 0.3) is 5.91 Å². The van der Waals surface area contributed by atoms with Gasteiger partial charge in [0.1, 0.15) is 24.7 Å². The minimum absolute atomic E-state index is 0.113. The average molecular weight is 405 g/mol. The predicted octanol–water partition coefficient (Wildman–Crippen LogP) is 0.658. The first-order valence-corrected chi connectivity index (χ1v) is 9.03. The number of para-hydroxylation sites is 1. The van der Waals surface area contributed by atoms with Crippen molar-refractivity contribution in [2.75, 3.05) is 19.6 Å². The number of furan rings is 1. The van der Waals surface area contributed by atoms with Gasteiger partial charge < -0.3 is 30.6 Å². The van der Waals surface area contributed by atoms with Crippen LogP contribution in [0.2, 0.25) is 0 Å². The number of carboxylic acids is 2. The number of nitrogens with two attached hydrogens (primary N) is 1. The molecule has 2 aromatic rings. The molecule has 0 fully saturated rings. The molecule has 10 heteroatoms. The van der Waals surface area contributed by atoms with E-state index >= 15 is 0 Å². The molecule has 0 saturated carbocycles. The highest BCUT2D eigenvalue weighted by molar-refractivity contribution is 5.99. The number of carbonyl (C=O) groups excluding carboxylic acids is 2. The summed E-state index contributed by atoms with van der Waals surface area (Å²) in [5.74, 6) is -4.22. The number of benzene rings is 1. The van der Waals surface area contributed by atoms with Gasteiger partial charge in [-0.25, -0.2) is 4.79 Å². The van der Waals surface area contributed by atoms with Crippen molar-refractivity contribution >= 4 is 34.7 Å². The zero-order valence-corrected chi connectivity index (χ0v) is 15.7. The number of rotatable bonds is 11. The van der Waals surface area contributed by atoms with Crippen LogP contribution in [0.15, 0.2) is 34.7 Å². The lowest BCUT2D eigenvalue weighted by atomic mass is 10.1. The van der Waals surface area contributed by atoms with Gasteiger partial charge in [0.2, 0.25) is 5.91 Å². The highest BCUT2D eigenvalue weighted by Gasteiger charge is 2.26. The normalized spacial score (nSPS) is 11.8. The van der Waals surface area contributed by atoms with E-state index in [1.54, 1.807) is 24.3 Å². The molecule has 10 nitrogen and oxygen atoms in total. The van der Waals surface area contributed by atoms with E-state index in [0.717, 1.165) is 4.90 Å². The van der Waals surface area contributed by atoms with Crippen molar-refractivity contribution in [1.82, 2.24) is 10.2 Å². The minimum atomic E-state index is -1.32. The van der Waals surface area contributed by atoms with Crippen LogP contribution in [0.1, 0.15) is 29.8 Å². The van der Waals surface area contributed by atoms with Crippen LogP contribution in [-0.2, 0) is 14.4 Å². The molecule has 2 rings (SSSR count). The molecule has 0 aliphatic carbocycles. The average Bonchev–Trinajstić information content (AvgIpc) is 3.10. The van der Waals surface area contributed by atoms with E-state index in [-0.39, 0.29) is 12.2 Å². The standard InChI is InChI=1S/C19H23N3O7/c20-8-4-3-6-13(19(27)28)21-16(23)10-22(11-17(24)25)18(26)15-9-12-5-1-2-7-14(12)29-15/h1-2,5,7,9,13H,3-4,6,8,10-11,20H2,(H,21,23)(H,24,25)(H,27,28)/t13-/m1/s1. The monoisotopic (exact) mass is 405 g/mol. The fraction of sp³-hybridized carbons (Fsp3) is 0.368. The first-order chi connectivity index (χ1) is 13.8. The Morgan fingerprint density at radius 2 is 1.83 bits per heavy atom.